The minimum Gasteiger partial charge on any atom is -0.497 e. The van der Waals surface area contributed by atoms with Crippen molar-refractivity contribution in [2.24, 2.45) is 5.73 Å². The fourth-order valence-corrected chi connectivity index (χ4v) is 7.98. The number of primary amides is 1. The first-order valence-corrected chi connectivity index (χ1v) is 12.4. The average Bonchev–Trinajstić information content (AvgIpc) is 3.16. The van der Waals surface area contributed by atoms with Crippen LogP contribution in [0.3, 0.4) is 0 Å². The van der Waals surface area contributed by atoms with Crippen LogP contribution >= 0.6 is 10.9 Å². The van der Waals surface area contributed by atoms with Crippen LogP contribution in [0.15, 0.2) is 69.5 Å². The van der Waals surface area contributed by atoms with Crippen molar-refractivity contribution < 1.29 is 24.2 Å². The molecule has 4 rings (SSSR count). The van der Waals surface area contributed by atoms with E-state index in [-0.39, 0.29) is 16.7 Å². The van der Waals surface area contributed by atoms with E-state index in [1.807, 2.05) is 30.3 Å². The van der Waals surface area contributed by atoms with Crippen molar-refractivity contribution in [1.82, 2.24) is 0 Å². The van der Waals surface area contributed by atoms with Gasteiger partial charge in [-0.05, 0) is 70.0 Å². The molecule has 6 nitrogen and oxygen atoms in total. The molecule has 0 spiro atoms. The van der Waals surface area contributed by atoms with E-state index in [1.54, 1.807) is 19.2 Å². The Labute approximate surface area is 196 Å². The maximum Gasteiger partial charge on any atom is 0.335 e. The molecule has 0 aromatic heterocycles. The fraction of sp³-hybridized carbons (Fsp3) is 0.308. The van der Waals surface area contributed by atoms with Crippen molar-refractivity contribution >= 4 is 22.8 Å². The Morgan fingerprint density at radius 2 is 1.94 bits per heavy atom. The SMILES string of the molecule is COc1cccc(CCC2=C(C(N)=O)C3=C(COCC3)[SH]2[C@@H](C)c2ccc(C(=O)O)cc2)c1. The molecule has 0 bridgehead atoms. The van der Waals surface area contributed by atoms with Crippen LogP contribution in [0.5, 0.6) is 5.75 Å². The summed E-state index contributed by atoms with van der Waals surface area (Å²) < 4.78 is 11.2. The maximum absolute atomic E-state index is 12.6. The van der Waals surface area contributed by atoms with Crippen LogP contribution in [-0.4, -0.2) is 37.3 Å². The van der Waals surface area contributed by atoms with Crippen LogP contribution in [0.2, 0.25) is 0 Å². The highest BCUT2D eigenvalue weighted by Crippen LogP contribution is 2.63. The number of rotatable bonds is 8. The molecule has 1 amide bonds. The zero-order valence-electron chi connectivity index (χ0n) is 18.8. The Hall–Kier alpha value is -3.03. The van der Waals surface area contributed by atoms with E-state index in [0.717, 1.165) is 40.2 Å². The number of carbonyl (C=O) groups is 2. The summed E-state index contributed by atoms with van der Waals surface area (Å²) in [5.74, 6) is -0.507. The number of benzene rings is 2. The molecule has 2 aromatic carbocycles. The predicted octanol–water partition coefficient (Wildman–Crippen LogP) is 4.52. The summed E-state index contributed by atoms with van der Waals surface area (Å²) in [6.45, 7) is 3.25. The molecule has 0 aliphatic carbocycles. The Morgan fingerprint density at radius 3 is 2.61 bits per heavy atom. The van der Waals surface area contributed by atoms with Gasteiger partial charge >= 0.3 is 5.97 Å². The number of thiol groups is 1. The van der Waals surface area contributed by atoms with Gasteiger partial charge in [0.05, 0.1) is 31.5 Å². The number of aromatic carboxylic acids is 1. The molecule has 0 saturated heterocycles. The van der Waals surface area contributed by atoms with Crippen LogP contribution in [0.4, 0.5) is 0 Å². The van der Waals surface area contributed by atoms with Gasteiger partial charge in [0.1, 0.15) is 5.75 Å². The van der Waals surface area contributed by atoms with Crippen molar-refractivity contribution in [3.05, 3.63) is 86.2 Å². The zero-order valence-corrected chi connectivity index (χ0v) is 19.7. The fourth-order valence-electron chi connectivity index (χ4n) is 4.66. The lowest BCUT2D eigenvalue weighted by atomic mass is 9.98. The minimum absolute atomic E-state index is 0.103. The Bertz CT molecular complexity index is 1140. The van der Waals surface area contributed by atoms with E-state index < -0.39 is 16.9 Å². The first-order valence-electron chi connectivity index (χ1n) is 11.0. The number of aryl methyl sites for hydroxylation is 1. The van der Waals surface area contributed by atoms with E-state index in [1.165, 1.54) is 4.91 Å². The van der Waals surface area contributed by atoms with Crippen LogP contribution in [0.1, 0.15) is 46.5 Å². The summed E-state index contributed by atoms with van der Waals surface area (Å²) in [7, 11) is 0.798. The lowest BCUT2D eigenvalue weighted by Crippen LogP contribution is -2.18. The second-order valence-electron chi connectivity index (χ2n) is 8.24. The van der Waals surface area contributed by atoms with Gasteiger partial charge < -0.3 is 20.3 Å². The van der Waals surface area contributed by atoms with Crippen molar-refractivity contribution in [3.8, 4) is 5.75 Å². The molecule has 0 saturated carbocycles. The quantitative estimate of drug-likeness (QED) is 0.496. The van der Waals surface area contributed by atoms with Gasteiger partial charge in [0.2, 0.25) is 5.91 Å². The van der Waals surface area contributed by atoms with Crippen molar-refractivity contribution in [3.63, 3.8) is 0 Å². The number of nitrogens with two attached hydrogens (primary N) is 1. The second-order valence-corrected chi connectivity index (χ2v) is 10.8. The predicted molar refractivity (Wildman–Crippen MR) is 131 cm³/mol. The number of hydrogen-bond acceptors (Lipinski definition) is 4. The highest BCUT2D eigenvalue weighted by molar-refractivity contribution is 8.24. The molecule has 7 heteroatoms. The van der Waals surface area contributed by atoms with E-state index in [4.69, 9.17) is 15.2 Å². The van der Waals surface area contributed by atoms with Crippen molar-refractivity contribution in [2.75, 3.05) is 20.3 Å². The standard InChI is InChI=1S/C26H29NO5S/c1-16(18-7-9-19(10-8-18)26(29)30)33-22(11-6-17-4-3-5-20(14-17)31-2)24(25(27)28)21-12-13-32-15-23(21)33/h3-5,7-10,14,16,33H,6,11-13,15H2,1-2H3,(H2,27,28)(H,29,30)/t16-/m0/s1. The Kier molecular flexibility index (Phi) is 6.91. The first-order chi connectivity index (χ1) is 15.9. The second kappa shape index (κ2) is 9.85. The number of hydrogen-bond donors (Lipinski definition) is 3. The van der Waals surface area contributed by atoms with Gasteiger partial charge in [0.15, 0.2) is 0 Å². The summed E-state index contributed by atoms with van der Waals surface area (Å²) in [4.78, 5) is 26.2. The number of carbonyl (C=O) groups excluding carboxylic acids is 1. The molecule has 2 aliphatic rings. The Balaban J connectivity index is 1.70. The molecule has 33 heavy (non-hydrogen) atoms. The third-order valence-corrected chi connectivity index (χ3v) is 9.40. The number of carboxylic acids is 1. The minimum atomic E-state index is -0.943. The number of amides is 1. The lowest BCUT2D eigenvalue weighted by Gasteiger charge is -2.32. The molecular formula is C26H29NO5S. The molecule has 2 aromatic rings. The summed E-state index contributed by atoms with van der Waals surface area (Å²) in [6, 6.07) is 15.0. The molecule has 0 fully saturated rings. The highest BCUT2D eigenvalue weighted by Gasteiger charge is 2.37. The van der Waals surface area contributed by atoms with E-state index in [9.17, 15) is 14.7 Å². The maximum atomic E-state index is 12.6. The monoisotopic (exact) mass is 467 g/mol. The highest BCUT2D eigenvalue weighted by atomic mass is 32.2. The smallest absolute Gasteiger partial charge is 0.335 e. The molecular weight excluding hydrogens is 438 g/mol. The zero-order chi connectivity index (χ0) is 23.5. The normalized spacial score (nSPS) is 19.9. The molecule has 2 atom stereocenters. The molecule has 3 N–H and O–H groups in total. The van der Waals surface area contributed by atoms with Gasteiger partial charge in [-0.15, -0.1) is 0 Å². The van der Waals surface area contributed by atoms with Gasteiger partial charge in [-0.1, -0.05) is 31.2 Å². The van der Waals surface area contributed by atoms with Crippen LogP contribution in [-0.2, 0) is 16.0 Å². The average molecular weight is 468 g/mol. The van der Waals surface area contributed by atoms with E-state index in [0.29, 0.717) is 25.2 Å². The summed E-state index contributed by atoms with van der Waals surface area (Å²) >= 11 is 0. The number of ether oxygens (including phenoxy) is 2. The van der Waals surface area contributed by atoms with Gasteiger partial charge in [0, 0.05) is 5.25 Å². The largest absolute Gasteiger partial charge is 0.497 e. The van der Waals surface area contributed by atoms with Crippen LogP contribution < -0.4 is 10.5 Å². The molecule has 2 heterocycles. The third-order valence-electron chi connectivity index (χ3n) is 6.31. The van der Waals surface area contributed by atoms with Crippen molar-refractivity contribution in [2.45, 2.75) is 31.4 Å². The first kappa shape index (κ1) is 23.1. The topological polar surface area (TPSA) is 98.9 Å². The van der Waals surface area contributed by atoms with Crippen molar-refractivity contribution in [1.29, 1.82) is 0 Å². The van der Waals surface area contributed by atoms with Crippen LogP contribution in [0.25, 0.3) is 0 Å². The van der Waals surface area contributed by atoms with Gasteiger partial charge in [-0.2, -0.15) is 10.9 Å². The summed E-state index contributed by atoms with van der Waals surface area (Å²) in [5, 5.41) is 9.35. The molecule has 174 valence electrons. The Morgan fingerprint density at radius 1 is 1.18 bits per heavy atom. The lowest BCUT2D eigenvalue weighted by molar-refractivity contribution is -0.114. The van der Waals surface area contributed by atoms with Gasteiger partial charge in [0.25, 0.3) is 0 Å². The van der Waals surface area contributed by atoms with E-state index >= 15 is 0 Å². The van der Waals surface area contributed by atoms with Gasteiger partial charge in [-0.25, -0.2) is 4.79 Å². The third kappa shape index (κ3) is 4.70. The van der Waals surface area contributed by atoms with Crippen LogP contribution in [0, 0.1) is 0 Å². The number of allylic oxidation sites excluding steroid dienone is 1. The van der Waals surface area contributed by atoms with E-state index in [2.05, 4.69) is 13.0 Å². The number of carboxylic acid groups (broad SMARTS) is 1. The molecule has 1 unspecified atom stereocenters. The molecule has 0 radical (unpaired) electrons. The number of methoxy groups -OCH3 is 1. The summed E-state index contributed by atoms with van der Waals surface area (Å²) in [5.41, 5.74) is 10.1. The molecule has 2 aliphatic heterocycles. The summed E-state index contributed by atoms with van der Waals surface area (Å²) in [6.07, 6.45) is 2.19. The van der Waals surface area contributed by atoms with Gasteiger partial charge in [-0.3, -0.25) is 4.79 Å².